The molecule has 2 heterocycles. The smallest absolute Gasteiger partial charge is 0.331 e. The van der Waals surface area contributed by atoms with Crippen molar-refractivity contribution in [2.75, 3.05) is 7.11 Å². The number of furan rings is 1. The van der Waals surface area contributed by atoms with Crippen LogP contribution >= 0.6 is 11.8 Å². The van der Waals surface area contributed by atoms with E-state index in [2.05, 4.69) is 9.73 Å². The maximum Gasteiger partial charge on any atom is 0.331 e. The van der Waals surface area contributed by atoms with Crippen molar-refractivity contribution in [3.05, 3.63) is 65.5 Å². The Morgan fingerprint density at radius 2 is 2.08 bits per heavy atom. The largest absolute Gasteiger partial charge is 0.467 e. The van der Waals surface area contributed by atoms with E-state index in [1.165, 1.54) is 18.1 Å². The second-order valence-electron chi connectivity index (χ2n) is 4.83. The molecule has 3 rings (SSSR count). The van der Waals surface area contributed by atoms with E-state index in [9.17, 15) is 9.59 Å². The van der Waals surface area contributed by atoms with Crippen LogP contribution in [0.15, 0.2) is 69.1 Å². The fourth-order valence-corrected chi connectivity index (χ4v) is 3.03. The number of aliphatic imine (C=N–C) groups is 1. The fourth-order valence-electron chi connectivity index (χ4n) is 2.07. The molecule has 0 unspecified atom stereocenters. The monoisotopic (exact) mass is 342 g/mol. The summed E-state index contributed by atoms with van der Waals surface area (Å²) in [6, 6.07) is 12.8. The Hall–Kier alpha value is -2.80. The van der Waals surface area contributed by atoms with Crippen LogP contribution in [0, 0.1) is 0 Å². The molecule has 0 radical (unpaired) electrons. The summed E-state index contributed by atoms with van der Waals surface area (Å²) in [4.78, 5) is 30.3. The molecule has 1 aliphatic heterocycles. The number of amides is 1. The average Bonchev–Trinajstić information content (AvgIpc) is 3.20. The first-order valence-corrected chi connectivity index (χ1v) is 7.94. The molecule has 2 aromatic rings. The molecule has 24 heavy (non-hydrogen) atoms. The van der Waals surface area contributed by atoms with Gasteiger partial charge in [-0.2, -0.15) is 0 Å². The number of rotatable bonds is 4. The van der Waals surface area contributed by atoms with Crippen molar-refractivity contribution in [1.29, 1.82) is 0 Å². The first-order valence-electron chi connectivity index (χ1n) is 7.13. The lowest BCUT2D eigenvalue weighted by molar-refractivity contribution is -0.135. The normalized spacial score (nSPS) is 17.7. The number of thioether (sulfide) groups is 1. The molecule has 1 fully saturated rings. The lowest BCUT2D eigenvalue weighted by Crippen LogP contribution is -2.28. The van der Waals surface area contributed by atoms with Crippen LogP contribution in [0.1, 0.15) is 5.76 Å². The van der Waals surface area contributed by atoms with Crippen molar-refractivity contribution >= 4 is 34.5 Å². The molecule has 1 aromatic carbocycles. The predicted molar refractivity (Wildman–Crippen MR) is 90.5 cm³/mol. The Morgan fingerprint density at radius 3 is 2.75 bits per heavy atom. The second kappa shape index (κ2) is 7.18. The van der Waals surface area contributed by atoms with E-state index < -0.39 is 5.97 Å². The third-order valence-corrected chi connectivity index (χ3v) is 4.22. The number of hydrogen-bond donors (Lipinski definition) is 0. The summed E-state index contributed by atoms with van der Waals surface area (Å²) in [5, 5.41) is 0.484. The van der Waals surface area contributed by atoms with Gasteiger partial charge in [-0.25, -0.2) is 9.79 Å². The fraction of sp³-hybridized carbons (Fsp3) is 0.118. The minimum absolute atomic E-state index is 0.239. The van der Waals surface area contributed by atoms with Gasteiger partial charge in [-0.1, -0.05) is 18.2 Å². The zero-order valence-corrected chi connectivity index (χ0v) is 13.7. The van der Waals surface area contributed by atoms with Crippen molar-refractivity contribution in [2.24, 2.45) is 4.99 Å². The predicted octanol–water partition coefficient (Wildman–Crippen LogP) is 3.10. The third kappa shape index (κ3) is 3.57. The number of para-hydroxylation sites is 1. The topological polar surface area (TPSA) is 72.1 Å². The summed E-state index contributed by atoms with van der Waals surface area (Å²) < 4.78 is 9.91. The van der Waals surface area contributed by atoms with Gasteiger partial charge in [0.1, 0.15) is 5.76 Å². The van der Waals surface area contributed by atoms with Crippen molar-refractivity contribution in [3.63, 3.8) is 0 Å². The van der Waals surface area contributed by atoms with Crippen molar-refractivity contribution < 1.29 is 18.7 Å². The molecule has 6 nitrogen and oxygen atoms in total. The van der Waals surface area contributed by atoms with Crippen molar-refractivity contribution in [1.82, 2.24) is 4.90 Å². The number of carbonyl (C=O) groups excluding carboxylic acids is 2. The summed E-state index contributed by atoms with van der Waals surface area (Å²) >= 11 is 1.13. The minimum atomic E-state index is -0.579. The van der Waals surface area contributed by atoms with Crippen LogP contribution in [-0.4, -0.2) is 29.1 Å². The molecule has 0 bridgehead atoms. The Labute approximate surface area is 142 Å². The molecule has 122 valence electrons. The van der Waals surface area contributed by atoms with Gasteiger partial charge >= 0.3 is 5.97 Å². The van der Waals surface area contributed by atoms with Gasteiger partial charge in [0, 0.05) is 6.08 Å². The zero-order chi connectivity index (χ0) is 16.9. The molecule has 0 atom stereocenters. The second-order valence-corrected chi connectivity index (χ2v) is 5.84. The van der Waals surface area contributed by atoms with E-state index >= 15 is 0 Å². The molecule has 1 saturated heterocycles. The van der Waals surface area contributed by atoms with Crippen LogP contribution in [0.5, 0.6) is 0 Å². The van der Waals surface area contributed by atoms with E-state index in [-0.39, 0.29) is 17.4 Å². The van der Waals surface area contributed by atoms with Crippen LogP contribution in [0.2, 0.25) is 0 Å². The number of amidine groups is 1. The summed E-state index contributed by atoms with van der Waals surface area (Å²) in [5.74, 6) is -0.259. The Kier molecular flexibility index (Phi) is 4.81. The molecule has 0 aliphatic carbocycles. The molecular weight excluding hydrogens is 328 g/mol. The van der Waals surface area contributed by atoms with Crippen LogP contribution in [0.3, 0.4) is 0 Å². The number of nitrogens with zero attached hydrogens (tertiary/aromatic N) is 2. The highest BCUT2D eigenvalue weighted by Crippen LogP contribution is 2.33. The Balaban J connectivity index is 1.94. The zero-order valence-electron chi connectivity index (χ0n) is 12.8. The Bertz CT molecular complexity index is 797. The lowest BCUT2D eigenvalue weighted by atomic mass is 10.3. The van der Waals surface area contributed by atoms with Gasteiger partial charge in [0.2, 0.25) is 0 Å². The van der Waals surface area contributed by atoms with Gasteiger partial charge in [-0.05, 0) is 36.0 Å². The standard InChI is InChI=1S/C17H14N2O4S/c1-22-15(20)10-14-16(21)19(11-13-8-5-9-23-13)17(24-14)18-12-6-3-2-4-7-12/h2-10H,11H2,1H3/b14-10-,18-17?. The van der Waals surface area contributed by atoms with Crippen LogP contribution < -0.4 is 0 Å². The number of carbonyl (C=O) groups is 2. The van der Waals surface area contributed by atoms with E-state index in [1.807, 2.05) is 30.3 Å². The highest BCUT2D eigenvalue weighted by Gasteiger charge is 2.34. The first-order chi connectivity index (χ1) is 11.7. The number of benzene rings is 1. The highest BCUT2D eigenvalue weighted by molar-refractivity contribution is 8.18. The number of methoxy groups -OCH3 is 1. The van der Waals surface area contributed by atoms with Gasteiger partial charge < -0.3 is 9.15 Å². The van der Waals surface area contributed by atoms with Crippen LogP contribution in [0.4, 0.5) is 5.69 Å². The summed E-state index contributed by atoms with van der Waals surface area (Å²) in [5.41, 5.74) is 0.719. The summed E-state index contributed by atoms with van der Waals surface area (Å²) in [7, 11) is 1.27. The molecule has 1 amide bonds. The molecule has 0 N–H and O–H groups in total. The molecule has 1 aromatic heterocycles. The Morgan fingerprint density at radius 1 is 1.29 bits per heavy atom. The summed E-state index contributed by atoms with van der Waals surface area (Å²) in [6.07, 6.45) is 2.72. The summed E-state index contributed by atoms with van der Waals surface area (Å²) in [6.45, 7) is 0.239. The molecule has 7 heteroatoms. The van der Waals surface area contributed by atoms with Crippen molar-refractivity contribution in [3.8, 4) is 0 Å². The number of hydrogen-bond acceptors (Lipinski definition) is 6. The van der Waals surface area contributed by atoms with E-state index in [1.54, 1.807) is 18.4 Å². The third-order valence-electron chi connectivity index (χ3n) is 3.21. The van der Waals surface area contributed by atoms with Gasteiger partial charge in [-0.3, -0.25) is 9.69 Å². The van der Waals surface area contributed by atoms with Gasteiger partial charge in [0.25, 0.3) is 5.91 Å². The highest BCUT2D eigenvalue weighted by atomic mass is 32.2. The SMILES string of the molecule is COC(=O)/C=C1\SC(=Nc2ccccc2)N(Cc2ccco2)C1=O. The quantitative estimate of drug-likeness (QED) is 0.631. The first kappa shape index (κ1) is 16.1. The van der Waals surface area contributed by atoms with Crippen LogP contribution in [0.25, 0.3) is 0 Å². The minimum Gasteiger partial charge on any atom is -0.467 e. The van der Waals surface area contributed by atoms with Crippen LogP contribution in [-0.2, 0) is 20.9 Å². The number of esters is 1. The molecular formula is C17H14N2O4S. The maximum atomic E-state index is 12.6. The van der Waals surface area contributed by atoms with E-state index in [0.29, 0.717) is 10.9 Å². The van der Waals surface area contributed by atoms with E-state index in [4.69, 9.17) is 4.42 Å². The van der Waals surface area contributed by atoms with E-state index in [0.717, 1.165) is 17.4 Å². The van der Waals surface area contributed by atoms with Crippen molar-refractivity contribution in [2.45, 2.75) is 6.54 Å². The molecule has 1 aliphatic rings. The van der Waals surface area contributed by atoms with Gasteiger partial charge in [0.15, 0.2) is 5.17 Å². The number of ether oxygens (including phenoxy) is 1. The average molecular weight is 342 g/mol. The van der Waals surface area contributed by atoms with Gasteiger partial charge in [0.05, 0.1) is 30.5 Å². The molecule has 0 spiro atoms. The van der Waals surface area contributed by atoms with Gasteiger partial charge in [-0.15, -0.1) is 0 Å². The molecule has 0 saturated carbocycles. The lowest BCUT2D eigenvalue weighted by Gasteiger charge is -2.13. The maximum absolute atomic E-state index is 12.6.